The van der Waals surface area contributed by atoms with Gasteiger partial charge in [-0.1, -0.05) is 30.0 Å². The van der Waals surface area contributed by atoms with Crippen molar-refractivity contribution in [2.75, 3.05) is 0 Å². The van der Waals surface area contributed by atoms with Crippen molar-refractivity contribution in [3.63, 3.8) is 0 Å². The number of amides is 2. The molecule has 0 heterocycles. The van der Waals surface area contributed by atoms with Crippen LogP contribution in [0.4, 0.5) is 0 Å². The van der Waals surface area contributed by atoms with Crippen LogP contribution < -0.4 is 11.5 Å². The Labute approximate surface area is 114 Å². The summed E-state index contributed by atoms with van der Waals surface area (Å²) in [5, 5.41) is 0. The van der Waals surface area contributed by atoms with Gasteiger partial charge >= 0.3 is 0 Å². The van der Waals surface area contributed by atoms with Crippen LogP contribution in [0, 0.1) is 0 Å². The molecule has 2 rings (SSSR count). The standard InChI is InChI=1S/C14H12N2O2S/c15-13(17)9-6-7-11(14(16)18)12(8-9)19-10-4-2-1-3-5-10/h1-8H,(H2,15,17)(H2,16,18). The van der Waals surface area contributed by atoms with E-state index in [-0.39, 0.29) is 0 Å². The van der Waals surface area contributed by atoms with Crippen LogP contribution in [0.3, 0.4) is 0 Å². The fraction of sp³-hybridized carbons (Fsp3) is 0. The molecular weight excluding hydrogens is 260 g/mol. The summed E-state index contributed by atoms with van der Waals surface area (Å²) in [7, 11) is 0. The molecule has 96 valence electrons. The highest BCUT2D eigenvalue weighted by molar-refractivity contribution is 7.99. The molecule has 0 unspecified atom stereocenters. The zero-order valence-electron chi connectivity index (χ0n) is 10.00. The normalized spacial score (nSPS) is 10.1. The smallest absolute Gasteiger partial charge is 0.249 e. The van der Waals surface area contributed by atoms with Gasteiger partial charge in [-0.2, -0.15) is 0 Å². The summed E-state index contributed by atoms with van der Waals surface area (Å²) in [5.41, 5.74) is 11.3. The first-order chi connectivity index (χ1) is 9.08. The maximum absolute atomic E-state index is 11.4. The minimum Gasteiger partial charge on any atom is -0.366 e. The zero-order chi connectivity index (χ0) is 13.8. The number of nitrogens with two attached hydrogens (primary N) is 2. The van der Waals surface area contributed by atoms with E-state index in [1.807, 2.05) is 30.3 Å². The monoisotopic (exact) mass is 272 g/mol. The first kappa shape index (κ1) is 13.2. The quantitative estimate of drug-likeness (QED) is 0.893. The summed E-state index contributed by atoms with van der Waals surface area (Å²) in [6, 6.07) is 14.1. The highest BCUT2D eigenvalue weighted by atomic mass is 32.2. The van der Waals surface area contributed by atoms with Crippen molar-refractivity contribution in [3.05, 3.63) is 59.7 Å². The average molecular weight is 272 g/mol. The van der Waals surface area contributed by atoms with Crippen molar-refractivity contribution in [3.8, 4) is 0 Å². The molecule has 0 aliphatic heterocycles. The van der Waals surface area contributed by atoms with E-state index in [0.29, 0.717) is 16.0 Å². The van der Waals surface area contributed by atoms with Gasteiger partial charge in [-0.05, 0) is 30.3 Å². The van der Waals surface area contributed by atoms with Gasteiger partial charge in [0, 0.05) is 15.4 Å². The topological polar surface area (TPSA) is 86.2 Å². The molecule has 4 nitrogen and oxygen atoms in total. The van der Waals surface area contributed by atoms with E-state index in [4.69, 9.17) is 11.5 Å². The van der Waals surface area contributed by atoms with Gasteiger partial charge in [0.05, 0.1) is 5.56 Å². The molecule has 4 N–H and O–H groups in total. The van der Waals surface area contributed by atoms with Gasteiger partial charge in [-0.3, -0.25) is 9.59 Å². The van der Waals surface area contributed by atoms with Crippen LogP contribution in [0.15, 0.2) is 58.3 Å². The maximum Gasteiger partial charge on any atom is 0.249 e. The van der Waals surface area contributed by atoms with E-state index in [0.717, 1.165) is 4.90 Å². The predicted octanol–water partition coefficient (Wildman–Crippen LogP) is 2.04. The van der Waals surface area contributed by atoms with Gasteiger partial charge in [0.15, 0.2) is 0 Å². The number of carbonyl (C=O) groups is 2. The van der Waals surface area contributed by atoms with Gasteiger partial charge in [-0.25, -0.2) is 0 Å². The summed E-state index contributed by atoms with van der Waals surface area (Å²) < 4.78 is 0. The Bertz CT molecular complexity index is 627. The van der Waals surface area contributed by atoms with Gasteiger partial charge in [0.2, 0.25) is 11.8 Å². The SMILES string of the molecule is NC(=O)c1ccc(C(N)=O)c(Sc2ccccc2)c1. The fourth-order valence-corrected chi connectivity index (χ4v) is 2.59. The molecule has 2 aromatic carbocycles. The van der Waals surface area contributed by atoms with Gasteiger partial charge in [-0.15, -0.1) is 0 Å². The van der Waals surface area contributed by atoms with Crippen molar-refractivity contribution >= 4 is 23.6 Å². The van der Waals surface area contributed by atoms with E-state index in [1.54, 1.807) is 6.07 Å². The molecule has 0 atom stereocenters. The third-order valence-corrected chi connectivity index (χ3v) is 3.57. The second-order valence-electron chi connectivity index (χ2n) is 3.85. The zero-order valence-corrected chi connectivity index (χ0v) is 10.8. The van der Waals surface area contributed by atoms with Crippen LogP contribution in [-0.4, -0.2) is 11.8 Å². The van der Waals surface area contributed by atoms with Crippen LogP contribution in [0.25, 0.3) is 0 Å². The number of hydrogen-bond acceptors (Lipinski definition) is 3. The number of primary amides is 2. The van der Waals surface area contributed by atoms with E-state index in [1.165, 1.54) is 23.9 Å². The molecule has 5 heteroatoms. The lowest BCUT2D eigenvalue weighted by molar-refractivity contribution is 0.0986. The Morgan fingerprint density at radius 2 is 1.58 bits per heavy atom. The van der Waals surface area contributed by atoms with Gasteiger partial charge in [0.25, 0.3) is 0 Å². The third-order valence-electron chi connectivity index (χ3n) is 2.50. The summed E-state index contributed by atoms with van der Waals surface area (Å²) in [5.74, 6) is -1.07. The summed E-state index contributed by atoms with van der Waals surface area (Å²) >= 11 is 1.37. The molecule has 0 bridgehead atoms. The van der Waals surface area contributed by atoms with E-state index in [2.05, 4.69) is 0 Å². The van der Waals surface area contributed by atoms with Crippen molar-refractivity contribution < 1.29 is 9.59 Å². The number of carbonyl (C=O) groups excluding carboxylic acids is 2. The predicted molar refractivity (Wildman–Crippen MR) is 74.0 cm³/mol. The van der Waals surface area contributed by atoms with Crippen molar-refractivity contribution in [1.29, 1.82) is 0 Å². The second-order valence-corrected chi connectivity index (χ2v) is 4.97. The Morgan fingerprint density at radius 3 is 2.16 bits per heavy atom. The van der Waals surface area contributed by atoms with Crippen molar-refractivity contribution in [2.24, 2.45) is 11.5 Å². The molecular formula is C14H12N2O2S. The van der Waals surface area contributed by atoms with E-state index in [9.17, 15) is 9.59 Å². The lowest BCUT2D eigenvalue weighted by atomic mass is 10.1. The first-order valence-electron chi connectivity index (χ1n) is 5.54. The van der Waals surface area contributed by atoms with Crippen LogP contribution in [-0.2, 0) is 0 Å². The summed E-state index contributed by atoms with van der Waals surface area (Å²) in [6.07, 6.45) is 0. The molecule has 0 saturated heterocycles. The minimum absolute atomic E-state index is 0.350. The lowest BCUT2D eigenvalue weighted by Crippen LogP contribution is -2.15. The molecule has 2 amide bonds. The Balaban J connectivity index is 2.43. The second kappa shape index (κ2) is 5.58. The van der Waals surface area contributed by atoms with E-state index >= 15 is 0 Å². The third kappa shape index (κ3) is 3.14. The molecule has 0 aromatic heterocycles. The van der Waals surface area contributed by atoms with Crippen molar-refractivity contribution in [1.82, 2.24) is 0 Å². The molecule has 0 fully saturated rings. The Kier molecular flexibility index (Phi) is 3.87. The fourth-order valence-electron chi connectivity index (χ4n) is 1.58. The maximum atomic E-state index is 11.4. The largest absolute Gasteiger partial charge is 0.366 e. The number of rotatable bonds is 4. The molecule has 0 aliphatic rings. The Hall–Kier alpha value is -2.27. The molecule has 0 aliphatic carbocycles. The number of hydrogen-bond donors (Lipinski definition) is 2. The summed E-state index contributed by atoms with van der Waals surface area (Å²) in [4.78, 5) is 24.1. The molecule has 0 radical (unpaired) electrons. The Morgan fingerprint density at radius 1 is 0.895 bits per heavy atom. The van der Waals surface area contributed by atoms with Crippen molar-refractivity contribution in [2.45, 2.75) is 9.79 Å². The first-order valence-corrected chi connectivity index (χ1v) is 6.36. The van der Waals surface area contributed by atoms with Crippen LogP contribution in [0.2, 0.25) is 0 Å². The van der Waals surface area contributed by atoms with Gasteiger partial charge in [0.1, 0.15) is 0 Å². The van der Waals surface area contributed by atoms with E-state index < -0.39 is 11.8 Å². The average Bonchev–Trinajstić information content (AvgIpc) is 2.39. The number of benzene rings is 2. The molecule has 0 saturated carbocycles. The highest BCUT2D eigenvalue weighted by Gasteiger charge is 2.12. The highest BCUT2D eigenvalue weighted by Crippen LogP contribution is 2.30. The molecule has 0 spiro atoms. The summed E-state index contributed by atoms with van der Waals surface area (Å²) in [6.45, 7) is 0. The van der Waals surface area contributed by atoms with Crippen LogP contribution in [0.1, 0.15) is 20.7 Å². The van der Waals surface area contributed by atoms with Crippen LogP contribution in [0.5, 0.6) is 0 Å². The molecule has 2 aromatic rings. The lowest BCUT2D eigenvalue weighted by Gasteiger charge is -2.08. The van der Waals surface area contributed by atoms with Crippen LogP contribution >= 0.6 is 11.8 Å². The van der Waals surface area contributed by atoms with Gasteiger partial charge < -0.3 is 11.5 Å². The molecule has 19 heavy (non-hydrogen) atoms. The minimum atomic E-state index is -0.536.